The minimum absolute atomic E-state index is 0.0989. The smallest absolute Gasteiger partial charge is 0.258 e. The number of imidazole rings is 1. The van der Waals surface area contributed by atoms with Gasteiger partial charge in [0.05, 0.1) is 11.8 Å². The Morgan fingerprint density at radius 1 is 1.63 bits per heavy atom. The molecular formula is C13H17N3O3. The molecule has 102 valence electrons. The van der Waals surface area contributed by atoms with E-state index in [1.54, 1.807) is 13.0 Å². The van der Waals surface area contributed by atoms with Crippen molar-refractivity contribution < 1.29 is 14.6 Å². The van der Waals surface area contributed by atoms with Crippen LogP contribution in [0.2, 0.25) is 0 Å². The van der Waals surface area contributed by atoms with Gasteiger partial charge < -0.3 is 19.6 Å². The van der Waals surface area contributed by atoms with Crippen LogP contribution in [0.15, 0.2) is 24.5 Å². The summed E-state index contributed by atoms with van der Waals surface area (Å²) in [6.07, 6.45) is 3.19. The number of hydrogen-bond donors (Lipinski definition) is 2. The van der Waals surface area contributed by atoms with Gasteiger partial charge in [0.25, 0.3) is 5.91 Å². The molecule has 0 fully saturated rings. The summed E-state index contributed by atoms with van der Waals surface area (Å²) >= 11 is 0. The number of pyridine rings is 1. The highest BCUT2D eigenvalue weighted by atomic mass is 16.5. The number of rotatable bonds is 5. The summed E-state index contributed by atoms with van der Waals surface area (Å²) in [4.78, 5) is 15.8. The molecule has 2 rings (SSSR count). The molecule has 2 aromatic heterocycles. The standard InChI is InChI=1S/C13H17N3O3/c1-9-7-16-5-3-4-11(13(16)15-9)19-8-12(18)14-6-10(2)17/h3-5,7,10,17H,6,8H2,1-2H3,(H,14,18). The van der Waals surface area contributed by atoms with Gasteiger partial charge in [-0.15, -0.1) is 0 Å². The fourth-order valence-electron chi connectivity index (χ4n) is 1.68. The van der Waals surface area contributed by atoms with Crippen LogP contribution in [-0.2, 0) is 4.79 Å². The van der Waals surface area contributed by atoms with Crippen LogP contribution in [0.5, 0.6) is 5.75 Å². The van der Waals surface area contributed by atoms with E-state index in [1.165, 1.54) is 0 Å². The normalized spacial score (nSPS) is 12.4. The summed E-state index contributed by atoms with van der Waals surface area (Å²) in [6, 6.07) is 3.60. The van der Waals surface area contributed by atoms with Crippen molar-refractivity contribution in [2.75, 3.05) is 13.2 Å². The number of carbonyl (C=O) groups excluding carboxylic acids is 1. The Kier molecular flexibility index (Phi) is 4.01. The third-order valence-electron chi connectivity index (χ3n) is 2.52. The van der Waals surface area contributed by atoms with Gasteiger partial charge in [0.15, 0.2) is 18.0 Å². The van der Waals surface area contributed by atoms with Gasteiger partial charge in [0, 0.05) is 18.9 Å². The molecule has 1 atom stereocenters. The van der Waals surface area contributed by atoms with Gasteiger partial charge in [-0.25, -0.2) is 4.98 Å². The van der Waals surface area contributed by atoms with Gasteiger partial charge in [-0.1, -0.05) is 0 Å². The van der Waals surface area contributed by atoms with E-state index in [-0.39, 0.29) is 19.1 Å². The third-order valence-corrected chi connectivity index (χ3v) is 2.52. The quantitative estimate of drug-likeness (QED) is 0.824. The molecule has 6 nitrogen and oxygen atoms in total. The van der Waals surface area contributed by atoms with Crippen molar-refractivity contribution in [3.8, 4) is 5.75 Å². The molecule has 6 heteroatoms. The fourth-order valence-corrected chi connectivity index (χ4v) is 1.68. The summed E-state index contributed by atoms with van der Waals surface area (Å²) in [5.41, 5.74) is 1.57. The van der Waals surface area contributed by atoms with Crippen molar-refractivity contribution in [3.05, 3.63) is 30.2 Å². The number of amides is 1. The zero-order valence-electron chi connectivity index (χ0n) is 11.0. The number of hydrogen-bond acceptors (Lipinski definition) is 4. The molecular weight excluding hydrogens is 246 g/mol. The van der Waals surface area contributed by atoms with E-state index >= 15 is 0 Å². The van der Waals surface area contributed by atoms with Crippen molar-refractivity contribution in [2.45, 2.75) is 20.0 Å². The van der Waals surface area contributed by atoms with Crippen molar-refractivity contribution in [2.24, 2.45) is 0 Å². The molecule has 0 aliphatic rings. The number of fused-ring (bicyclic) bond motifs is 1. The Bertz CT molecular complexity index is 578. The highest BCUT2D eigenvalue weighted by Crippen LogP contribution is 2.18. The molecule has 0 spiro atoms. The molecule has 0 saturated heterocycles. The largest absolute Gasteiger partial charge is 0.480 e. The molecule has 0 saturated carbocycles. The van der Waals surface area contributed by atoms with E-state index in [0.29, 0.717) is 11.4 Å². The second-order valence-electron chi connectivity index (χ2n) is 4.43. The number of aryl methyl sites for hydroxylation is 1. The number of ether oxygens (including phenoxy) is 1. The second kappa shape index (κ2) is 5.71. The van der Waals surface area contributed by atoms with Crippen LogP contribution in [0.1, 0.15) is 12.6 Å². The molecule has 1 amide bonds. The van der Waals surface area contributed by atoms with Gasteiger partial charge in [-0.2, -0.15) is 0 Å². The molecule has 0 bridgehead atoms. The molecule has 0 aliphatic heterocycles. The van der Waals surface area contributed by atoms with Crippen molar-refractivity contribution in [1.82, 2.24) is 14.7 Å². The van der Waals surface area contributed by atoms with Crippen LogP contribution in [-0.4, -0.2) is 39.7 Å². The molecule has 0 radical (unpaired) electrons. The van der Waals surface area contributed by atoms with Crippen molar-refractivity contribution in [1.29, 1.82) is 0 Å². The highest BCUT2D eigenvalue weighted by molar-refractivity contribution is 5.77. The molecule has 0 aromatic carbocycles. The minimum Gasteiger partial charge on any atom is -0.480 e. The number of nitrogens with one attached hydrogen (secondary N) is 1. The van der Waals surface area contributed by atoms with Gasteiger partial charge in [-0.05, 0) is 26.0 Å². The lowest BCUT2D eigenvalue weighted by molar-refractivity contribution is -0.123. The van der Waals surface area contributed by atoms with Crippen LogP contribution in [0.3, 0.4) is 0 Å². The van der Waals surface area contributed by atoms with Gasteiger partial charge in [-0.3, -0.25) is 4.79 Å². The number of carbonyl (C=O) groups is 1. The van der Waals surface area contributed by atoms with Crippen LogP contribution < -0.4 is 10.1 Å². The lowest BCUT2D eigenvalue weighted by Crippen LogP contribution is -2.34. The molecule has 2 aromatic rings. The monoisotopic (exact) mass is 263 g/mol. The van der Waals surface area contributed by atoms with Crippen LogP contribution in [0.4, 0.5) is 0 Å². The molecule has 2 heterocycles. The Labute approximate surface area is 111 Å². The maximum atomic E-state index is 11.5. The van der Waals surface area contributed by atoms with E-state index in [9.17, 15) is 4.79 Å². The average Bonchev–Trinajstić information content (AvgIpc) is 2.74. The summed E-state index contributed by atoms with van der Waals surface area (Å²) < 4.78 is 7.30. The first-order valence-corrected chi connectivity index (χ1v) is 6.08. The first-order valence-electron chi connectivity index (χ1n) is 6.08. The number of aliphatic hydroxyl groups excluding tert-OH is 1. The van der Waals surface area contributed by atoms with E-state index in [1.807, 2.05) is 29.8 Å². The first-order chi connectivity index (χ1) is 9.06. The number of aliphatic hydroxyl groups is 1. The van der Waals surface area contributed by atoms with Crippen LogP contribution >= 0.6 is 0 Å². The molecule has 1 unspecified atom stereocenters. The zero-order chi connectivity index (χ0) is 13.8. The maximum absolute atomic E-state index is 11.5. The Morgan fingerprint density at radius 3 is 3.16 bits per heavy atom. The van der Waals surface area contributed by atoms with E-state index in [4.69, 9.17) is 9.84 Å². The lowest BCUT2D eigenvalue weighted by Gasteiger charge is -2.09. The van der Waals surface area contributed by atoms with Crippen molar-refractivity contribution in [3.63, 3.8) is 0 Å². The Balaban J connectivity index is 1.99. The van der Waals surface area contributed by atoms with Gasteiger partial charge in [0.2, 0.25) is 0 Å². The second-order valence-corrected chi connectivity index (χ2v) is 4.43. The summed E-state index contributed by atoms with van der Waals surface area (Å²) in [5, 5.41) is 11.6. The summed E-state index contributed by atoms with van der Waals surface area (Å²) in [7, 11) is 0. The SMILES string of the molecule is Cc1cn2cccc(OCC(=O)NCC(C)O)c2n1. The van der Waals surface area contributed by atoms with E-state index < -0.39 is 6.10 Å². The Morgan fingerprint density at radius 2 is 2.42 bits per heavy atom. The number of aromatic nitrogens is 2. The minimum atomic E-state index is -0.567. The zero-order valence-corrected chi connectivity index (χ0v) is 11.0. The predicted octanol–water partition coefficient (Wildman–Crippen LogP) is 0.519. The summed E-state index contributed by atoms with van der Waals surface area (Å²) in [5.74, 6) is 0.286. The maximum Gasteiger partial charge on any atom is 0.258 e. The van der Waals surface area contributed by atoms with Crippen LogP contribution in [0, 0.1) is 6.92 Å². The first kappa shape index (κ1) is 13.4. The topological polar surface area (TPSA) is 75.9 Å². The highest BCUT2D eigenvalue weighted by Gasteiger charge is 2.08. The number of nitrogens with zero attached hydrogens (tertiary/aromatic N) is 2. The van der Waals surface area contributed by atoms with E-state index in [2.05, 4.69) is 10.3 Å². The summed E-state index contributed by atoms with van der Waals surface area (Å²) in [6.45, 7) is 3.62. The van der Waals surface area contributed by atoms with Gasteiger partial charge in [0.1, 0.15) is 0 Å². The third kappa shape index (κ3) is 3.45. The van der Waals surface area contributed by atoms with Gasteiger partial charge >= 0.3 is 0 Å². The van der Waals surface area contributed by atoms with Crippen molar-refractivity contribution >= 4 is 11.6 Å². The average molecular weight is 263 g/mol. The molecule has 2 N–H and O–H groups in total. The molecule has 19 heavy (non-hydrogen) atoms. The lowest BCUT2D eigenvalue weighted by atomic mass is 10.4. The fraction of sp³-hybridized carbons (Fsp3) is 0.385. The van der Waals surface area contributed by atoms with E-state index in [0.717, 1.165) is 5.69 Å². The van der Waals surface area contributed by atoms with Crippen LogP contribution in [0.25, 0.3) is 5.65 Å². The molecule has 0 aliphatic carbocycles. The Hall–Kier alpha value is -2.08. The predicted molar refractivity (Wildman–Crippen MR) is 70.1 cm³/mol.